The van der Waals surface area contributed by atoms with E-state index in [-0.39, 0.29) is 11.9 Å². The van der Waals surface area contributed by atoms with Gasteiger partial charge in [-0.25, -0.2) is 4.79 Å². The number of nitrogens with one attached hydrogen (secondary N) is 1. The van der Waals surface area contributed by atoms with Gasteiger partial charge in [0.05, 0.1) is 0 Å². The lowest BCUT2D eigenvalue weighted by molar-refractivity contribution is -0.117. The van der Waals surface area contributed by atoms with Crippen LogP contribution in [-0.4, -0.2) is 60.5 Å². The summed E-state index contributed by atoms with van der Waals surface area (Å²) in [6, 6.07) is 8.69. The highest BCUT2D eigenvalue weighted by Crippen LogP contribution is 2.29. The van der Waals surface area contributed by atoms with Crippen molar-refractivity contribution >= 4 is 23.3 Å². The maximum Gasteiger partial charge on any atom is 0.321 e. The molecule has 2 atom stereocenters. The van der Waals surface area contributed by atoms with Gasteiger partial charge in [0.2, 0.25) is 5.91 Å². The maximum atomic E-state index is 12.6. The van der Waals surface area contributed by atoms with Gasteiger partial charge in [-0.2, -0.15) is 0 Å². The fourth-order valence-electron chi connectivity index (χ4n) is 4.34. The van der Waals surface area contributed by atoms with Gasteiger partial charge in [0.15, 0.2) is 0 Å². The first-order chi connectivity index (χ1) is 12.1. The molecule has 6 heteroatoms. The molecule has 0 spiro atoms. The van der Waals surface area contributed by atoms with Crippen LogP contribution in [0.5, 0.6) is 0 Å². The highest BCUT2D eigenvalue weighted by Gasteiger charge is 2.36. The van der Waals surface area contributed by atoms with E-state index in [9.17, 15) is 9.59 Å². The first-order valence-electron chi connectivity index (χ1n) is 9.30. The van der Waals surface area contributed by atoms with Crippen LogP contribution in [0.4, 0.5) is 16.2 Å². The lowest BCUT2D eigenvalue weighted by Crippen LogP contribution is -2.41. The molecule has 4 rings (SSSR count). The summed E-state index contributed by atoms with van der Waals surface area (Å²) in [6.07, 6.45) is 5.04. The van der Waals surface area contributed by atoms with Crippen LogP contribution in [-0.2, 0) is 4.79 Å². The lowest BCUT2D eigenvalue weighted by Gasteiger charge is -2.26. The number of anilines is 2. The van der Waals surface area contributed by atoms with E-state index >= 15 is 0 Å². The zero-order valence-corrected chi connectivity index (χ0v) is 14.8. The molecule has 134 valence electrons. The van der Waals surface area contributed by atoms with Gasteiger partial charge in [-0.05, 0) is 57.0 Å². The second-order valence-corrected chi connectivity index (χ2v) is 7.41. The van der Waals surface area contributed by atoms with Crippen LogP contribution >= 0.6 is 0 Å². The van der Waals surface area contributed by atoms with Crippen LogP contribution in [0.3, 0.4) is 0 Å². The van der Waals surface area contributed by atoms with Gasteiger partial charge in [0.1, 0.15) is 0 Å². The third kappa shape index (κ3) is 3.23. The number of amides is 3. The monoisotopic (exact) mass is 342 g/mol. The van der Waals surface area contributed by atoms with Crippen LogP contribution in [0, 0.1) is 0 Å². The van der Waals surface area contributed by atoms with Crippen molar-refractivity contribution in [2.24, 2.45) is 0 Å². The number of urea groups is 1. The van der Waals surface area contributed by atoms with Gasteiger partial charge in [0.25, 0.3) is 0 Å². The Morgan fingerprint density at radius 1 is 1.08 bits per heavy atom. The van der Waals surface area contributed by atoms with E-state index in [0.29, 0.717) is 18.5 Å². The normalized spacial score (nSPS) is 26.8. The second-order valence-electron chi connectivity index (χ2n) is 7.41. The topological polar surface area (TPSA) is 55.9 Å². The van der Waals surface area contributed by atoms with Gasteiger partial charge in [-0.15, -0.1) is 0 Å². The number of nitrogens with zero attached hydrogens (tertiary/aromatic N) is 3. The number of carbonyl (C=O) groups is 2. The first kappa shape index (κ1) is 16.4. The molecule has 25 heavy (non-hydrogen) atoms. The number of rotatable bonds is 2. The number of likely N-dealkylation sites (tertiary alicyclic amines) is 1. The second kappa shape index (κ2) is 6.67. The standard InChI is InChI=1S/C19H26N4O2/c1-21-15-8-9-17(21)13-22(12-10-15)19(25)20-14-4-6-16(7-5-14)23-11-2-3-18(23)24/h4-7,15,17H,2-3,8-13H2,1H3,(H,20,25)/t15-,17-/m0/s1. The highest BCUT2D eigenvalue weighted by atomic mass is 16.2. The summed E-state index contributed by atoms with van der Waals surface area (Å²) >= 11 is 0. The highest BCUT2D eigenvalue weighted by molar-refractivity contribution is 5.96. The molecule has 0 unspecified atom stereocenters. The number of hydrogen-bond donors (Lipinski definition) is 1. The van der Waals surface area contributed by atoms with Crippen LogP contribution in [0.2, 0.25) is 0 Å². The van der Waals surface area contributed by atoms with Crippen molar-refractivity contribution in [3.63, 3.8) is 0 Å². The minimum Gasteiger partial charge on any atom is -0.323 e. The minimum atomic E-state index is -0.0223. The van der Waals surface area contributed by atoms with Crippen LogP contribution in [0.25, 0.3) is 0 Å². The van der Waals surface area contributed by atoms with E-state index in [1.165, 1.54) is 12.8 Å². The van der Waals surface area contributed by atoms with Gasteiger partial charge in [-0.3, -0.25) is 9.69 Å². The van der Waals surface area contributed by atoms with Crippen molar-refractivity contribution in [2.75, 3.05) is 36.9 Å². The number of likely N-dealkylation sites (N-methyl/N-ethyl adjacent to an activating group) is 1. The number of benzene rings is 1. The Bertz CT molecular complexity index is 660. The Balaban J connectivity index is 1.38. The van der Waals surface area contributed by atoms with Crippen molar-refractivity contribution in [1.29, 1.82) is 0 Å². The Kier molecular flexibility index (Phi) is 4.37. The summed E-state index contributed by atoms with van der Waals surface area (Å²) in [5.74, 6) is 0.181. The average molecular weight is 342 g/mol. The summed E-state index contributed by atoms with van der Waals surface area (Å²) < 4.78 is 0. The predicted molar refractivity (Wildman–Crippen MR) is 97.8 cm³/mol. The molecule has 3 aliphatic rings. The van der Waals surface area contributed by atoms with Crippen molar-refractivity contribution in [1.82, 2.24) is 9.80 Å². The molecule has 1 N–H and O–H groups in total. The van der Waals surface area contributed by atoms with Crippen LogP contribution in [0.1, 0.15) is 32.1 Å². The quantitative estimate of drug-likeness (QED) is 0.898. The molecule has 3 heterocycles. The summed E-state index contributed by atoms with van der Waals surface area (Å²) in [5.41, 5.74) is 1.69. The van der Waals surface area contributed by atoms with E-state index in [1.807, 2.05) is 34.1 Å². The molecule has 3 saturated heterocycles. The third-order valence-electron chi connectivity index (χ3n) is 5.94. The van der Waals surface area contributed by atoms with E-state index in [4.69, 9.17) is 0 Å². The molecule has 0 saturated carbocycles. The van der Waals surface area contributed by atoms with Crippen molar-refractivity contribution in [2.45, 2.75) is 44.2 Å². The molecule has 3 amide bonds. The third-order valence-corrected chi connectivity index (χ3v) is 5.94. The SMILES string of the molecule is CN1[C@H]2CC[C@H]1CN(C(=O)Nc1ccc(N3CCCC3=O)cc1)CC2. The molecular formula is C19H26N4O2. The molecule has 6 nitrogen and oxygen atoms in total. The molecule has 3 aliphatic heterocycles. The zero-order chi connectivity index (χ0) is 17.4. The van der Waals surface area contributed by atoms with Gasteiger partial charge >= 0.3 is 6.03 Å². The fourth-order valence-corrected chi connectivity index (χ4v) is 4.34. The van der Waals surface area contributed by atoms with Gasteiger partial charge in [-0.1, -0.05) is 0 Å². The fraction of sp³-hybridized carbons (Fsp3) is 0.579. The van der Waals surface area contributed by atoms with E-state index < -0.39 is 0 Å². The Morgan fingerprint density at radius 3 is 2.56 bits per heavy atom. The average Bonchev–Trinajstić information content (AvgIpc) is 3.11. The maximum absolute atomic E-state index is 12.6. The van der Waals surface area contributed by atoms with Crippen molar-refractivity contribution < 1.29 is 9.59 Å². The first-order valence-corrected chi connectivity index (χ1v) is 9.30. The largest absolute Gasteiger partial charge is 0.323 e. The Hall–Kier alpha value is -2.08. The zero-order valence-electron chi connectivity index (χ0n) is 14.8. The molecule has 3 fully saturated rings. The lowest BCUT2D eigenvalue weighted by atomic mass is 10.1. The molecular weight excluding hydrogens is 316 g/mol. The van der Waals surface area contributed by atoms with Crippen LogP contribution in [0.15, 0.2) is 24.3 Å². The van der Waals surface area contributed by atoms with E-state index in [2.05, 4.69) is 17.3 Å². The number of hydrogen-bond acceptors (Lipinski definition) is 3. The van der Waals surface area contributed by atoms with Crippen LogP contribution < -0.4 is 10.2 Å². The summed E-state index contributed by atoms with van der Waals surface area (Å²) in [4.78, 5) is 30.6. The van der Waals surface area contributed by atoms with Gasteiger partial charge < -0.3 is 15.1 Å². The molecule has 1 aromatic carbocycles. The number of carbonyl (C=O) groups excluding carboxylic acids is 2. The van der Waals surface area contributed by atoms with E-state index in [1.54, 1.807) is 0 Å². The molecule has 0 aliphatic carbocycles. The van der Waals surface area contributed by atoms with Gasteiger partial charge in [0, 0.05) is 49.5 Å². The Labute approximate surface area is 148 Å². The predicted octanol–water partition coefficient (Wildman–Crippen LogP) is 2.51. The molecule has 0 aromatic heterocycles. The summed E-state index contributed by atoms with van der Waals surface area (Å²) in [7, 11) is 2.18. The minimum absolute atomic E-state index is 0.0223. The Morgan fingerprint density at radius 2 is 1.84 bits per heavy atom. The van der Waals surface area contributed by atoms with E-state index in [0.717, 1.165) is 43.9 Å². The van der Waals surface area contributed by atoms with Crippen molar-refractivity contribution in [3.8, 4) is 0 Å². The molecule has 2 bridgehead atoms. The van der Waals surface area contributed by atoms with Crippen molar-refractivity contribution in [3.05, 3.63) is 24.3 Å². The summed E-state index contributed by atoms with van der Waals surface area (Å²) in [6.45, 7) is 2.41. The molecule has 1 aromatic rings. The summed E-state index contributed by atoms with van der Waals surface area (Å²) in [5, 5.41) is 3.01. The molecule has 0 radical (unpaired) electrons. The number of fused-ring (bicyclic) bond motifs is 2. The smallest absolute Gasteiger partial charge is 0.321 e.